The molecule has 7 heteroatoms. The minimum absolute atomic E-state index is 0.177. The van der Waals surface area contributed by atoms with Gasteiger partial charge in [-0.3, -0.25) is 19.7 Å². The molecule has 3 N–H and O–H groups in total. The van der Waals surface area contributed by atoms with E-state index in [0.29, 0.717) is 5.69 Å². The van der Waals surface area contributed by atoms with Crippen LogP contribution in [0.25, 0.3) is 0 Å². The third-order valence-electron chi connectivity index (χ3n) is 2.91. The standard InChI is InChI=1S/C12H12ClN3O3/c1-6-11(18)15-10(17)5-16(6)12(19)8-4-7(14)2-3-9(8)13/h2-4,6H,5,14H2,1H3,(H,15,17,18). The van der Waals surface area contributed by atoms with Crippen molar-refractivity contribution in [2.24, 2.45) is 0 Å². The number of carbonyl (C=O) groups excluding carboxylic acids is 3. The predicted octanol–water partition coefficient (Wildman–Crippen LogP) is 0.409. The highest BCUT2D eigenvalue weighted by molar-refractivity contribution is 6.34. The number of piperazine rings is 1. The van der Waals surface area contributed by atoms with Crippen LogP contribution in [0.15, 0.2) is 18.2 Å². The Morgan fingerprint density at radius 1 is 1.47 bits per heavy atom. The van der Waals surface area contributed by atoms with E-state index in [0.717, 1.165) is 0 Å². The van der Waals surface area contributed by atoms with Crippen molar-refractivity contribution in [1.82, 2.24) is 10.2 Å². The van der Waals surface area contributed by atoms with Gasteiger partial charge in [-0.15, -0.1) is 0 Å². The molecule has 1 atom stereocenters. The third kappa shape index (κ3) is 2.53. The molecule has 0 saturated carbocycles. The molecule has 1 aliphatic rings. The number of hydrogen-bond donors (Lipinski definition) is 2. The summed E-state index contributed by atoms with van der Waals surface area (Å²) >= 11 is 5.94. The van der Waals surface area contributed by atoms with E-state index in [2.05, 4.69) is 5.32 Å². The molecule has 1 aromatic carbocycles. The van der Waals surface area contributed by atoms with Gasteiger partial charge in [0.2, 0.25) is 11.8 Å². The van der Waals surface area contributed by atoms with Gasteiger partial charge >= 0.3 is 0 Å². The van der Waals surface area contributed by atoms with Gasteiger partial charge in [0.05, 0.1) is 10.6 Å². The summed E-state index contributed by atoms with van der Waals surface area (Å²) in [5, 5.41) is 2.39. The van der Waals surface area contributed by atoms with E-state index in [1.807, 2.05) is 0 Å². The van der Waals surface area contributed by atoms with Crippen molar-refractivity contribution in [1.29, 1.82) is 0 Å². The van der Waals surface area contributed by atoms with Crippen LogP contribution in [0, 0.1) is 0 Å². The summed E-state index contributed by atoms with van der Waals surface area (Å²) in [6.07, 6.45) is 0. The molecule has 1 saturated heterocycles. The van der Waals surface area contributed by atoms with Crippen LogP contribution in [0.1, 0.15) is 17.3 Å². The Morgan fingerprint density at radius 3 is 2.84 bits per heavy atom. The molecule has 0 spiro atoms. The van der Waals surface area contributed by atoms with Crippen LogP contribution in [0.3, 0.4) is 0 Å². The molecule has 0 radical (unpaired) electrons. The molecule has 1 fully saturated rings. The van der Waals surface area contributed by atoms with Crippen molar-refractivity contribution in [2.45, 2.75) is 13.0 Å². The van der Waals surface area contributed by atoms with Crippen LogP contribution in [-0.4, -0.2) is 35.2 Å². The first-order chi connectivity index (χ1) is 8.90. The van der Waals surface area contributed by atoms with Gasteiger partial charge in [0, 0.05) is 5.69 Å². The van der Waals surface area contributed by atoms with Gasteiger partial charge in [-0.25, -0.2) is 0 Å². The maximum atomic E-state index is 12.3. The number of nitrogen functional groups attached to an aromatic ring is 1. The highest BCUT2D eigenvalue weighted by Crippen LogP contribution is 2.22. The Bertz CT molecular complexity index is 573. The summed E-state index contributed by atoms with van der Waals surface area (Å²) in [6.45, 7) is 1.36. The van der Waals surface area contributed by atoms with E-state index in [4.69, 9.17) is 17.3 Å². The molecule has 2 rings (SSSR count). The van der Waals surface area contributed by atoms with Gasteiger partial charge < -0.3 is 10.6 Å². The fraction of sp³-hybridized carbons (Fsp3) is 0.250. The van der Waals surface area contributed by atoms with Crippen LogP contribution < -0.4 is 11.1 Å². The van der Waals surface area contributed by atoms with Crippen LogP contribution in [-0.2, 0) is 9.59 Å². The first-order valence-electron chi connectivity index (χ1n) is 5.60. The van der Waals surface area contributed by atoms with E-state index in [9.17, 15) is 14.4 Å². The Labute approximate surface area is 114 Å². The summed E-state index contributed by atoms with van der Waals surface area (Å²) in [6, 6.07) is 3.76. The van der Waals surface area contributed by atoms with Crippen LogP contribution in [0.5, 0.6) is 0 Å². The first kappa shape index (κ1) is 13.4. The third-order valence-corrected chi connectivity index (χ3v) is 3.23. The Hall–Kier alpha value is -2.08. The average molecular weight is 282 g/mol. The number of amides is 3. The predicted molar refractivity (Wildman–Crippen MR) is 69.5 cm³/mol. The van der Waals surface area contributed by atoms with Gasteiger partial charge in [-0.2, -0.15) is 0 Å². The summed E-state index contributed by atoms with van der Waals surface area (Å²) < 4.78 is 0. The highest BCUT2D eigenvalue weighted by atomic mass is 35.5. The van der Waals surface area contributed by atoms with Gasteiger partial charge in [0.25, 0.3) is 5.91 Å². The number of benzene rings is 1. The maximum Gasteiger partial charge on any atom is 0.256 e. The largest absolute Gasteiger partial charge is 0.399 e. The van der Waals surface area contributed by atoms with E-state index in [1.165, 1.54) is 17.0 Å². The van der Waals surface area contributed by atoms with Gasteiger partial charge in [-0.05, 0) is 25.1 Å². The van der Waals surface area contributed by atoms with Crippen LogP contribution in [0.4, 0.5) is 5.69 Å². The molecule has 0 aliphatic carbocycles. The molecule has 1 aromatic rings. The number of nitrogens with one attached hydrogen (secondary N) is 1. The lowest BCUT2D eigenvalue weighted by Crippen LogP contribution is -2.58. The highest BCUT2D eigenvalue weighted by Gasteiger charge is 2.34. The lowest BCUT2D eigenvalue weighted by atomic mass is 10.1. The molecular weight excluding hydrogens is 270 g/mol. The van der Waals surface area contributed by atoms with Crippen molar-refractivity contribution in [3.8, 4) is 0 Å². The lowest BCUT2D eigenvalue weighted by molar-refractivity contribution is -0.138. The molecule has 0 aromatic heterocycles. The van der Waals surface area contributed by atoms with E-state index < -0.39 is 23.8 Å². The number of nitrogens with two attached hydrogens (primary N) is 1. The zero-order valence-electron chi connectivity index (χ0n) is 10.1. The number of nitrogens with zero attached hydrogens (tertiary/aromatic N) is 1. The normalized spacial score (nSPS) is 19.3. The molecule has 3 amide bonds. The molecule has 1 heterocycles. The van der Waals surface area contributed by atoms with Crippen molar-refractivity contribution in [3.05, 3.63) is 28.8 Å². The summed E-state index contributed by atoms with van der Waals surface area (Å²) in [4.78, 5) is 36.3. The Balaban J connectivity index is 2.35. The van der Waals surface area contributed by atoms with E-state index in [1.54, 1.807) is 13.0 Å². The summed E-state index contributed by atoms with van der Waals surface area (Å²) in [5.74, 6) is -1.52. The summed E-state index contributed by atoms with van der Waals surface area (Å²) in [5.41, 5.74) is 6.17. The zero-order valence-corrected chi connectivity index (χ0v) is 10.9. The number of halogens is 1. The SMILES string of the molecule is CC1C(=O)NC(=O)CN1C(=O)c1cc(N)ccc1Cl. The van der Waals surface area contributed by atoms with Crippen molar-refractivity contribution in [2.75, 3.05) is 12.3 Å². The second kappa shape index (κ2) is 4.89. The monoisotopic (exact) mass is 281 g/mol. The van der Waals surface area contributed by atoms with E-state index >= 15 is 0 Å². The van der Waals surface area contributed by atoms with Crippen LogP contribution in [0.2, 0.25) is 5.02 Å². The molecule has 6 nitrogen and oxygen atoms in total. The minimum atomic E-state index is -0.734. The molecular formula is C12H12ClN3O3. The van der Waals surface area contributed by atoms with Gasteiger partial charge in [-0.1, -0.05) is 11.6 Å². The van der Waals surface area contributed by atoms with Crippen molar-refractivity contribution in [3.63, 3.8) is 0 Å². The molecule has 1 aliphatic heterocycles. The number of rotatable bonds is 1. The number of imide groups is 1. The number of hydrogen-bond acceptors (Lipinski definition) is 4. The fourth-order valence-electron chi connectivity index (χ4n) is 1.82. The van der Waals surface area contributed by atoms with Crippen molar-refractivity contribution < 1.29 is 14.4 Å². The van der Waals surface area contributed by atoms with Crippen molar-refractivity contribution >= 4 is 35.0 Å². The number of carbonyl (C=O) groups is 3. The number of anilines is 1. The maximum absolute atomic E-state index is 12.3. The first-order valence-corrected chi connectivity index (χ1v) is 5.97. The second-order valence-electron chi connectivity index (χ2n) is 4.26. The lowest BCUT2D eigenvalue weighted by Gasteiger charge is -2.31. The van der Waals surface area contributed by atoms with Gasteiger partial charge in [0.15, 0.2) is 0 Å². The topological polar surface area (TPSA) is 92.5 Å². The quantitative estimate of drug-likeness (QED) is 0.576. The molecule has 0 bridgehead atoms. The van der Waals surface area contributed by atoms with Gasteiger partial charge in [0.1, 0.15) is 12.6 Å². The van der Waals surface area contributed by atoms with Crippen LogP contribution >= 0.6 is 11.6 Å². The molecule has 19 heavy (non-hydrogen) atoms. The minimum Gasteiger partial charge on any atom is -0.399 e. The van der Waals surface area contributed by atoms with E-state index in [-0.39, 0.29) is 17.1 Å². The molecule has 100 valence electrons. The smallest absolute Gasteiger partial charge is 0.256 e. The second-order valence-corrected chi connectivity index (χ2v) is 4.67. The average Bonchev–Trinajstić information content (AvgIpc) is 2.36. The Morgan fingerprint density at radius 2 is 2.16 bits per heavy atom. The zero-order chi connectivity index (χ0) is 14.2. The fourth-order valence-corrected chi connectivity index (χ4v) is 2.02. The molecule has 1 unspecified atom stereocenters. The Kier molecular flexibility index (Phi) is 3.44. The summed E-state index contributed by atoms with van der Waals surface area (Å²) in [7, 11) is 0.